The molecule has 1 aliphatic heterocycles. The maximum absolute atomic E-state index is 12.5. The highest BCUT2D eigenvalue weighted by atomic mass is 35.5. The van der Waals surface area contributed by atoms with Gasteiger partial charge >= 0.3 is 0 Å². The van der Waals surface area contributed by atoms with Crippen molar-refractivity contribution in [2.24, 2.45) is 0 Å². The Morgan fingerprint density at radius 2 is 2.14 bits per heavy atom. The lowest BCUT2D eigenvalue weighted by atomic mass is 10.1. The van der Waals surface area contributed by atoms with Crippen molar-refractivity contribution < 1.29 is 14.3 Å². The fourth-order valence-corrected chi connectivity index (χ4v) is 3.04. The van der Waals surface area contributed by atoms with Crippen LogP contribution in [0.2, 0.25) is 5.02 Å². The number of carbonyl (C=O) groups is 2. The van der Waals surface area contributed by atoms with Crippen LogP contribution in [0.3, 0.4) is 0 Å². The van der Waals surface area contributed by atoms with E-state index in [0.29, 0.717) is 45.0 Å². The van der Waals surface area contributed by atoms with Crippen molar-refractivity contribution in [3.05, 3.63) is 58.5 Å². The molecule has 1 aliphatic rings. The summed E-state index contributed by atoms with van der Waals surface area (Å²) in [5.41, 5.74) is 2.63. The number of carbonyl (C=O) groups excluding carboxylic acids is 2. The Kier molecular flexibility index (Phi) is 4.48. The number of aromatic nitrogens is 3. The number of nitrogens with one attached hydrogen (secondary N) is 2. The fourth-order valence-electron chi connectivity index (χ4n) is 2.90. The number of fused-ring (bicyclic) bond motifs is 2. The third-order valence-corrected chi connectivity index (χ3v) is 4.87. The first-order valence-electron chi connectivity index (χ1n) is 8.50. The maximum atomic E-state index is 12.5. The molecule has 0 spiro atoms. The molecule has 28 heavy (non-hydrogen) atoms. The lowest BCUT2D eigenvalue weighted by Gasteiger charge is -2.10. The summed E-state index contributed by atoms with van der Waals surface area (Å²) in [4.78, 5) is 29.0. The zero-order valence-electron chi connectivity index (χ0n) is 15.1. The molecule has 0 saturated carbocycles. The predicted molar refractivity (Wildman–Crippen MR) is 104 cm³/mol. The van der Waals surface area contributed by atoms with Gasteiger partial charge in [0.25, 0.3) is 5.91 Å². The van der Waals surface area contributed by atoms with Gasteiger partial charge in [0, 0.05) is 11.9 Å². The smallest absolute Gasteiger partial charge is 0.259 e. The summed E-state index contributed by atoms with van der Waals surface area (Å²) in [5.74, 6) is 0.0383. The van der Waals surface area contributed by atoms with Gasteiger partial charge in [0.2, 0.25) is 11.8 Å². The SMILES string of the molecule is Cc1nn(CC(=O)Nc2ccc3c(c2)C(=O)Nc2cccnc2O3)c(C)c1Cl. The third kappa shape index (κ3) is 3.29. The van der Waals surface area contributed by atoms with E-state index in [0.717, 1.165) is 0 Å². The van der Waals surface area contributed by atoms with E-state index in [-0.39, 0.29) is 18.4 Å². The number of rotatable bonds is 3. The topological polar surface area (TPSA) is 98.1 Å². The van der Waals surface area contributed by atoms with Crippen molar-refractivity contribution in [3.8, 4) is 11.6 Å². The summed E-state index contributed by atoms with van der Waals surface area (Å²) >= 11 is 6.11. The van der Waals surface area contributed by atoms with E-state index >= 15 is 0 Å². The molecule has 0 fully saturated rings. The molecule has 0 radical (unpaired) electrons. The van der Waals surface area contributed by atoms with E-state index in [9.17, 15) is 9.59 Å². The molecule has 1 aromatic carbocycles. The number of hydrogen-bond donors (Lipinski definition) is 2. The molecule has 0 aliphatic carbocycles. The van der Waals surface area contributed by atoms with Crippen LogP contribution in [0.1, 0.15) is 21.7 Å². The highest BCUT2D eigenvalue weighted by Gasteiger charge is 2.22. The number of nitrogens with zero attached hydrogens (tertiary/aromatic N) is 3. The molecule has 8 nitrogen and oxygen atoms in total. The van der Waals surface area contributed by atoms with E-state index in [1.807, 2.05) is 0 Å². The summed E-state index contributed by atoms with van der Waals surface area (Å²) in [6, 6.07) is 8.24. The number of halogens is 1. The Hall–Kier alpha value is -3.39. The molecular formula is C19H16ClN5O3. The summed E-state index contributed by atoms with van der Waals surface area (Å²) in [5, 5.41) is 10.3. The van der Waals surface area contributed by atoms with Crippen LogP contribution in [0.15, 0.2) is 36.5 Å². The first kappa shape index (κ1) is 18.0. The van der Waals surface area contributed by atoms with Crippen molar-refractivity contribution in [2.75, 3.05) is 10.6 Å². The monoisotopic (exact) mass is 397 g/mol. The zero-order chi connectivity index (χ0) is 19.8. The van der Waals surface area contributed by atoms with E-state index in [1.54, 1.807) is 50.4 Å². The molecule has 142 valence electrons. The lowest BCUT2D eigenvalue weighted by molar-refractivity contribution is -0.116. The quantitative estimate of drug-likeness (QED) is 0.704. The molecule has 0 atom stereocenters. The molecule has 9 heteroatoms. The Morgan fingerprint density at radius 3 is 2.89 bits per heavy atom. The zero-order valence-corrected chi connectivity index (χ0v) is 15.9. The third-order valence-electron chi connectivity index (χ3n) is 4.32. The Labute approximate surface area is 165 Å². The largest absolute Gasteiger partial charge is 0.436 e. The van der Waals surface area contributed by atoms with E-state index in [1.165, 1.54) is 4.68 Å². The van der Waals surface area contributed by atoms with Gasteiger partial charge in [-0.2, -0.15) is 5.10 Å². The van der Waals surface area contributed by atoms with Crippen molar-refractivity contribution in [1.29, 1.82) is 0 Å². The van der Waals surface area contributed by atoms with Gasteiger partial charge in [-0.05, 0) is 44.2 Å². The van der Waals surface area contributed by atoms with Crippen LogP contribution in [0, 0.1) is 13.8 Å². The number of hydrogen-bond acceptors (Lipinski definition) is 5. The first-order chi connectivity index (χ1) is 13.4. The highest BCUT2D eigenvalue weighted by molar-refractivity contribution is 6.31. The molecule has 0 saturated heterocycles. The standard InChI is InChI=1S/C19H16ClN5O3/c1-10-17(20)11(2)25(24-10)9-16(26)22-12-5-6-15-13(8-12)18(27)23-14-4-3-7-21-19(14)28-15/h3-8H,9H2,1-2H3,(H,22,26)(H,23,27). The van der Waals surface area contributed by atoms with Gasteiger partial charge in [0.05, 0.1) is 22.0 Å². The van der Waals surface area contributed by atoms with Crippen molar-refractivity contribution in [2.45, 2.75) is 20.4 Å². The van der Waals surface area contributed by atoms with Gasteiger partial charge in [-0.1, -0.05) is 11.6 Å². The molecule has 2 amide bonds. The highest BCUT2D eigenvalue weighted by Crippen LogP contribution is 2.34. The number of aryl methyl sites for hydroxylation is 1. The predicted octanol–water partition coefficient (Wildman–Crippen LogP) is 3.55. The van der Waals surface area contributed by atoms with Gasteiger partial charge < -0.3 is 15.4 Å². The molecule has 3 heterocycles. The van der Waals surface area contributed by atoms with Gasteiger partial charge in [-0.25, -0.2) is 4.98 Å². The van der Waals surface area contributed by atoms with Gasteiger partial charge in [0.1, 0.15) is 18.0 Å². The van der Waals surface area contributed by atoms with E-state index in [4.69, 9.17) is 16.3 Å². The number of pyridine rings is 1. The Bertz CT molecular complexity index is 1110. The number of anilines is 2. The molecule has 2 aromatic heterocycles. The summed E-state index contributed by atoms with van der Waals surface area (Å²) < 4.78 is 7.26. The van der Waals surface area contributed by atoms with Crippen molar-refractivity contribution >= 4 is 34.8 Å². The van der Waals surface area contributed by atoms with E-state index < -0.39 is 0 Å². The normalized spacial score (nSPS) is 12.3. The lowest BCUT2D eigenvalue weighted by Crippen LogP contribution is -2.20. The molecule has 3 aromatic rings. The minimum Gasteiger partial charge on any atom is -0.436 e. The molecule has 2 N–H and O–H groups in total. The van der Waals surface area contributed by atoms with E-state index in [2.05, 4.69) is 20.7 Å². The summed E-state index contributed by atoms with van der Waals surface area (Å²) in [6.45, 7) is 3.58. The van der Waals surface area contributed by atoms with Crippen LogP contribution in [-0.4, -0.2) is 26.6 Å². The van der Waals surface area contributed by atoms with Crippen LogP contribution in [0.5, 0.6) is 11.6 Å². The minimum atomic E-state index is -0.344. The first-order valence-corrected chi connectivity index (χ1v) is 8.88. The van der Waals surface area contributed by atoms with Crippen molar-refractivity contribution in [1.82, 2.24) is 14.8 Å². The minimum absolute atomic E-state index is 0.00847. The summed E-state index contributed by atoms with van der Waals surface area (Å²) in [7, 11) is 0. The van der Waals surface area contributed by atoms with Crippen molar-refractivity contribution in [3.63, 3.8) is 0 Å². The number of ether oxygens (including phenoxy) is 1. The fraction of sp³-hybridized carbons (Fsp3) is 0.158. The van der Waals surface area contributed by atoms with Crippen LogP contribution in [0.25, 0.3) is 0 Å². The maximum Gasteiger partial charge on any atom is 0.259 e. The summed E-state index contributed by atoms with van der Waals surface area (Å²) in [6.07, 6.45) is 1.58. The number of amides is 2. The van der Waals surface area contributed by atoms with Gasteiger partial charge in [-0.15, -0.1) is 0 Å². The average molecular weight is 398 g/mol. The molecule has 0 unspecified atom stereocenters. The Balaban J connectivity index is 1.54. The van der Waals surface area contributed by atoms with Gasteiger partial charge in [0.15, 0.2) is 0 Å². The molecule has 0 bridgehead atoms. The van der Waals surface area contributed by atoms with Crippen LogP contribution in [-0.2, 0) is 11.3 Å². The average Bonchev–Trinajstić information content (AvgIpc) is 2.83. The van der Waals surface area contributed by atoms with Crippen LogP contribution in [0.4, 0.5) is 11.4 Å². The van der Waals surface area contributed by atoms with Gasteiger partial charge in [-0.3, -0.25) is 14.3 Å². The molecule has 4 rings (SSSR count). The second-order valence-electron chi connectivity index (χ2n) is 6.31. The Morgan fingerprint density at radius 1 is 1.32 bits per heavy atom. The molecular weight excluding hydrogens is 382 g/mol. The van der Waals surface area contributed by atoms with Crippen LogP contribution < -0.4 is 15.4 Å². The second-order valence-corrected chi connectivity index (χ2v) is 6.69. The number of benzene rings is 1. The second kappa shape index (κ2) is 6.97. The van der Waals surface area contributed by atoms with Crippen LogP contribution >= 0.6 is 11.6 Å².